The van der Waals surface area contributed by atoms with E-state index in [9.17, 15) is 14.9 Å². The lowest BCUT2D eigenvalue weighted by Crippen LogP contribution is -2.53. The van der Waals surface area contributed by atoms with Crippen LogP contribution in [0.15, 0.2) is 54.6 Å². The van der Waals surface area contributed by atoms with Crippen molar-refractivity contribution in [2.24, 2.45) is 5.92 Å². The molecule has 0 aliphatic carbocycles. The fourth-order valence-corrected chi connectivity index (χ4v) is 3.97. The van der Waals surface area contributed by atoms with E-state index in [-0.39, 0.29) is 0 Å². The Morgan fingerprint density at radius 1 is 1.10 bits per heavy atom. The fraction of sp³-hybridized carbons (Fsp3) is 0.375. The summed E-state index contributed by atoms with van der Waals surface area (Å²) in [5, 5.41) is 13.4. The van der Waals surface area contributed by atoms with E-state index in [0.717, 1.165) is 23.0 Å². The third-order valence-electron chi connectivity index (χ3n) is 5.27. The lowest BCUT2D eigenvalue weighted by molar-refractivity contribution is -0.160. The molecule has 1 heterocycles. The number of nitrogens with zero attached hydrogens (tertiary/aromatic N) is 1. The monoisotopic (exact) mass is 390 g/mol. The van der Waals surface area contributed by atoms with Crippen molar-refractivity contribution < 1.29 is 14.3 Å². The summed E-state index contributed by atoms with van der Waals surface area (Å²) in [6, 6.07) is 18.7. The average Bonchev–Trinajstić information content (AvgIpc) is 3.03. The van der Waals surface area contributed by atoms with E-state index in [2.05, 4.69) is 11.4 Å². The first-order valence-corrected chi connectivity index (χ1v) is 9.71. The summed E-state index contributed by atoms with van der Waals surface area (Å²) in [6.07, 6.45) is 0.846. The van der Waals surface area contributed by atoms with Crippen LogP contribution in [0.4, 0.5) is 0 Å². The topological polar surface area (TPSA) is 79.2 Å². The molecule has 4 atom stereocenters. The van der Waals surface area contributed by atoms with Gasteiger partial charge in [0, 0.05) is 17.9 Å². The van der Waals surface area contributed by atoms with Crippen molar-refractivity contribution in [2.75, 3.05) is 0 Å². The van der Waals surface area contributed by atoms with Crippen molar-refractivity contribution in [1.82, 2.24) is 5.32 Å². The third-order valence-corrected chi connectivity index (χ3v) is 5.27. The van der Waals surface area contributed by atoms with Crippen LogP contribution in [-0.4, -0.2) is 23.4 Å². The maximum absolute atomic E-state index is 13.3. The van der Waals surface area contributed by atoms with Gasteiger partial charge in [0.15, 0.2) is 0 Å². The number of nitrogens with one attached hydrogen (secondary N) is 1. The van der Waals surface area contributed by atoms with Gasteiger partial charge in [0.05, 0.1) is 6.07 Å². The first-order chi connectivity index (χ1) is 13.7. The number of aryl methyl sites for hydroxylation is 1. The quantitative estimate of drug-likeness (QED) is 0.634. The molecule has 2 aromatic carbocycles. The maximum atomic E-state index is 13.3. The summed E-state index contributed by atoms with van der Waals surface area (Å²) in [4.78, 5) is 25.5. The Balaban J connectivity index is 2.15. The molecule has 5 heteroatoms. The lowest BCUT2D eigenvalue weighted by Gasteiger charge is -2.31. The van der Waals surface area contributed by atoms with Crippen LogP contribution < -0.4 is 5.32 Å². The molecule has 150 valence electrons. The molecular weight excluding hydrogens is 364 g/mol. The van der Waals surface area contributed by atoms with Crippen LogP contribution in [-0.2, 0) is 14.3 Å². The van der Waals surface area contributed by atoms with E-state index >= 15 is 0 Å². The van der Waals surface area contributed by atoms with Gasteiger partial charge < -0.3 is 9.53 Å². The molecule has 2 aromatic rings. The molecule has 0 radical (unpaired) electrons. The van der Waals surface area contributed by atoms with Crippen molar-refractivity contribution in [2.45, 2.75) is 50.8 Å². The molecule has 0 unspecified atom stereocenters. The molecule has 0 amide bonds. The Morgan fingerprint density at radius 2 is 1.72 bits per heavy atom. The van der Waals surface area contributed by atoms with E-state index in [1.165, 1.54) is 0 Å². The first-order valence-electron chi connectivity index (χ1n) is 9.71. The average molecular weight is 390 g/mol. The molecule has 1 saturated heterocycles. The number of rotatable bonds is 4. The van der Waals surface area contributed by atoms with Gasteiger partial charge in [-0.05, 0) is 38.8 Å². The summed E-state index contributed by atoms with van der Waals surface area (Å²) in [5.74, 6) is -1.94. The van der Waals surface area contributed by atoms with Crippen molar-refractivity contribution in [3.05, 3.63) is 71.3 Å². The fourth-order valence-electron chi connectivity index (χ4n) is 3.97. The molecule has 3 rings (SSSR count). The number of aldehydes is 1. The van der Waals surface area contributed by atoms with Crippen LogP contribution >= 0.6 is 0 Å². The van der Waals surface area contributed by atoms with Gasteiger partial charge >= 0.3 is 5.97 Å². The standard InChI is InChI=1S/C24H26N2O3/c1-16-10-12-18(13-11-16)21-19(14-27)20(17-8-6-5-7-9-17)24(15-25,26-21)22(28)29-23(2,3)4/h5-14,19-21,26H,1-4H3/t19-,20-,21-,24-/m1/s1. The summed E-state index contributed by atoms with van der Waals surface area (Å²) >= 11 is 0. The van der Waals surface area contributed by atoms with Crippen molar-refractivity contribution >= 4 is 12.3 Å². The summed E-state index contributed by atoms with van der Waals surface area (Å²) < 4.78 is 5.62. The molecule has 5 nitrogen and oxygen atoms in total. The predicted molar refractivity (Wildman–Crippen MR) is 110 cm³/mol. The Labute approximate surface area is 171 Å². The SMILES string of the molecule is Cc1ccc([C@H]2N[C@@](C#N)(C(=O)OC(C)(C)C)[C@H](c3ccccc3)[C@H]2C=O)cc1. The zero-order chi connectivity index (χ0) is 21.2. The summed E-state index contributed by atoms with van der Waals surface area (Å²) in [5.41, 5.74) is 0.263. The largest absolute Gasteiger partial charge is 0.458 e. The number of hydrogen-bond acceptors (Lipinski definition) is 5. The van der Waals surface area contributed by atoms with Gasteiger partial charge in [-0.3, -0.25) is 5.32 Å². The van der Waals surface area contributed by atoms with E-state index in [1.807, 2.05) is 61.5 Å². The molecule has 29 heavy (non-hydrogen) atoms. The molecule has 1 fully saturated rings. The second kappa shape index (κ2) is 7.81. The lowest BCUT2D eigenvalue weighted by atomic mass is 9.74. The number of carbonyl (C=O) groups is 2. The minimum absolute atomic E-state index is 0.481. The van der Waals surface area contributed by atoms with Gasteiger partial charge in [0.25, 0.3) is 0 Å². The second-order valence-corrected chi connectivity index (χ2v) is 8.56. The van der Waals surface area contributed by atoms with Crippen LogP contribution in [0.5, 0.6) is 0 Å². The number of carbonyl (C=O) groups excluding carboxylic acids is 2. The molecule has 1 aliphatic rings. The van der Waals surface area contributed by atoms with Crippen molar-refractivity contribution in [3.8, 4) is 6.07 Å². The second-order valence-electron chi connectivity index (χ2n) is 8.56. The smallest absolute Gasteiger partial charge is 0.342 e. The molecular formula is C24H26N2O3. The third kappa shape index (κ3) is 3.94. The normalized spacial score (nSPS) is 26.5. The maximum Gasteiger partial charge on any atom is 0.342 e. The zero-order valence-electron chi connectivity index (χ0n) is 17.2. The highest BCUT2D eigenvalue weighted by Crippen LogP contribution is 2.48. The molecule has 0 saturated carbocycles. The Hall–Kier alpha value is -2.97. The van der Waals surface area contributed by atoms with Crippen LogP contribution in [0.3, 0.4) is 0 Å². The number of ether oxygens (including phenoxy) is 1. The minimum Gasteiger partial charge on any atom is -0.458 e. The van der Waals surface area contributed by atoms with Gasteiger partial charge in [-0.25, -0.2) is 4.79 Å². The predicted octanol–water partition coefficient (Wildman–Crippen LogP) is 3.84. The Kier molecular flexibility index (Phi) is 5.59. The molecule has 1 N–H and O–H groups in total. The zero-order valence-corrected chi connectivity index (χ0v) is 17.2. The highest BCUT2D eigenvalue weighted by molar-refractivity contribution is 5.89. The molecule has 1 aliphatic heterocycles. The van der Waals surface area contributed by atoms with Crippen LogP contribution in [0, 0.1) is 24.2 Å². The van der Waals surface area contributed by atoms with E-state index in [4.69, 9.17) is 4.74 Å². The van der Waals surface area contributed by atoms with Gasteiger partial charge in [-0.2, -0.15) is 5.26 Å². The van der Waals surface area contributed by atoms with Gasteiger partial charge in [-0.1, -0.05) is 60.2 Å². The van der Waals surface area contributed by atoms with E-state index in [0.29, 0.717) is 0 Å². The van der Waals surface area contributed by atoms with Gasteiger partial charge in [-0.15, -0.1) is 0 Å². The molecule has 0 spiro atoms. The highest BCUT2D eigenvalue weighted by atomic mass is 16.6. The highest BCUT2D eigenvalue weighted by Gasteiger charge is 2.60. The Bertz CT molecular complexity index is 925. The summed E-state index contributed by atoms with van der Waals surface area (Å²) in [7, 11) is 0. The number of hydrogen-bond donors (Lipinski definition) is 1. The molecule has 0 aromatic heterocycles. The van der Waals surface area contributed by atoms with Crippen molar-refractivity contribution in [3.63, 3.8) is 0 Å². The Morgan fingerprint density at radius 3 is 2.24 bits per heavy atom. The van der Waals surface area contributed by atoms with Crippen LogP contribution in [0.1, 0.15) is 49.4 Å². The first kappa shape index (κ1) is 20.8. The number of nitriles is 1. The minimum atomic E-state index is -1.67. The summed E-state index contributed by atoms with van der Waals surface area (Å²) in [6.45, 7) is 7.27. The van der Waals surface area contributed by atoms with E-state index < -0.39 is 35.0 Å². The van der Waals surface area contributed by atoms with Gasteiger partial charge in [0.1, 0.15) is 11.9 Å². The van der Waals surface area contributed by atoms with E-state index in [1.54, 1.807) is 20.8 Å². The van der Waals surface area contributed by atoms with Gasteiger partial charge in [0.2, 0.25) is 5.54 Å². The van der Waals surface area contributed by atoms with Crippen LogP contribution in [0.25, 0.3) is 0 Å². The molecule has 0 bridgehead atoms. The number of esters is 1. The van der Waals surface area contributed by atoms with Crippen LogP contribution in [0.2, 0.25) is 0 Å². The number of benzene rings is 2. The van der Waals surface area contributed by atoms with Crippen molar-refractivity contribution in [1.29, 1.82) is 5.26 Å².